The average molecular weight is 242 g/mol. The molecule has 1 fully saturated rings. The van der Waals surface area contributed by atoms with Gasteiger partial charge in [0.2, 0.25) is 5.91 Å². The van der Waals surface area contributed by atoms with E-state index in [2.05, 4.69) is 10.6 Å². The summed E-state index contributed by atoms with van der Waals surface area (Å²) in [5, 5.41) is 14.6. The van der Waals surface area contributed by atoms with Gasteiger partial charge in [0, 0.05) is 0 Å². The smallest absolute Gasteiger partial charge is 0.326 e. The highest BCUT2D eigenvalue weighted by Gasteiger charge is 2.31. The summed E-state index contributed by atoms with van der Waals surface area (Å²) in [7, 11) is 1.68. The Morgan fingerprint density at radius 2 is 1.82 bits per heavy atom. The summed E-state index contributed by atoms with van der Waals surface area (Å²) >= 11 is 0. The molecule has 0 saturated heterocycles. The first-order chi connectivity index (χ1) is 8.06. The van der Waals surface area contributed by atoms with Gasteiger partial charge in [-0.05, 0) is 32.7 Å². The lowest BCUT2D eigenvalue weighted by Crippen LogP contribution is -2.51. The number of nitrogens with one attached hydrogen (secondary N) is 2. The number of rotatable bonds is 5. The van der Waals surface area contributed by atoms with Crippen LogP contribution in [0.5, 0.6) is 0 Å². The molecule has 2 atom stereocenters. The molecule has 0 bridgehead atoms. The van der Waals surface area contributed by atoms with Crippen LogP contribution < -0.4 is 10.6 Å². The lowest BCUT2D eigenvalue weighted by Gasteiger charge is -2.28. The Bertz CT molecular complexity index is 275. The molecule has 0 spiro atoms. The van der Waals surface area contributed by atoms with E-state index in [-0.39, 0.29) is 17.9 Å². The zero-order valence-corrected chi connectivity index (χ0v) is 10.5. The standard InChI is InChI=1S/C12H22N2O3/c1-8(13-2)11(15)14-10(12(16)17)9-6-4-3-5-7-9/h8-10,13H,3-7H2,1-2H3,(H,14,15)(H,16,17)/t8-,10-/m0/s1. The highest BCUT2D eigenvalue weighted by atomic mass is 16.4. The van der Waals surface area contributed by atoms with Crippen molar-refractivity contribution in [1.82, 2.24) is 10.6 Å². The predicted molar refractivity (Wildman–Crippen MR) is 64.7 cm³/mol. The first-order valence-electron chi connectivity index (χ1n) is 6.26. The van der Waals surface area contributed by atoms with Crippen molar-refractivity contribution in [3.05, 3.63) is 0 Å². The lowest BCUT2D eigenvalue weighted by molar-refractivity contribution is -0.144. The third-order valence-electron chi connectivity index (χ3n) is 3.51. The third kappa shape index (κ3) is 4.00. The van der Waals surface area contributed by atoms with Crippen LogP contribution >= 0.6 is 0 Å². The molecule has 17 heavy (non-hydrogen) atoms. The molecule has 0 heterocycles. The lowest BCUT2D eigenvalue weighted by atomic mass is 9.84. The number of carbonyl (C=O) groups is 2. The van der Waals surface area contributed by atoms with Gasteiger partial charge in [-0.1, -0.05) is 19.3 Å². The van der Waals surface area contributed by atoms with Gasteiger partial charge >= 0.3 is 5.97 Å². The van der Waals surface area contributed by atoms with E-state index in [0.29, 0.717) is 0 Å². The summed E-state index contributed by atoms with van der Waals surface area (Å²) in [6, 6.07) is -1.10. The van der Waals surface area contributed by atoms with Gasteiger partial charge in [0.05, 0.1) is 6.04 Å². The van der Waals surface area contributed by atoms with Crippen molar-refractivity contribution in [2.75, 3.05) is 7.05 Å². The molecule has 1 aliphatic carbocycles. The molecule has 0 aromatic heterocycles. The van der Waals surface area contributed by atoms with Crippen molar-refractivity contribution in [2.45, 2.75) is 51.1 Å². The minimum atomic E-state index is -0.923. The minimum Gasteiger partial charge on any atom is -0.480 e. The van der Waals surface area contributed by atoms with E-state index < -0.39 is 12.0 Å². The van der Waals surface area contributed by atoms with Gasteiger partial charge in [-0.3, -0.25) is 4.79 Å². The number of carbonyl (C=O) groups excluding carboxylic acids is 1. The Hall–Kier alpha value is -1.10. The summed E-state index contributed by atoms with van der Waals surface area (Å²) in [5.41, 5.74) is 0. The van der Waals surface area contributed by atoms with E-state index in [1.807, 2.05) is 0 Å². The van der Waals surface area contributed by atoms with Crippen LogP contribution in [0.15, 0.2) is 0 Å². The van der Waals surface area contributed by atoms with Gasteiger partial charge in [0.1, 0.15) is 6.04 Å². The molecular formula is C12H22N2O3. The summed E-state index contributed by atoms with van der Waals surface area (Å²) in [5.74, 6) is -1.09. The Kier molecular flexibility index (Phi) is 5.41. The largest absolute Gasteiger partial charge is 0.480 e. The van der Waals surface area contributed by atoms with Gasteiger partial charge in [-0.2, -0.15) is 0 Å². The second-order valence-electron chi connectivity index (χ2n) is 4.73. The van der Waals surface area contributed by atoms with Crippen LogP contribution in [-0.4, -0.2) is 36.1 Å². The van der Waals surface area contributed by atoms with Crippen molar-refractivity contribution in [3.8, 4) is 0 Å². The Morgan fingerprint density at radius 1 is 1.24 bits per heavy atom. The first kappa shape index (κ1) is 14.0. The normalized spacial score (nSPS) is 20.6. The molecule has 0 aromatic rings. The number of carboxylic acid groups (broad SMARTS) is 1. The second kappa shape index (κ2) is 6.59. The van der Waals surface area contributed by atoms with Crippen LogP contribution in [-0.2, 0) is 9.59 Å². The molecular weight excluding hydrogens is 220 g/mol. The number of aliphatic carboxylic acids is 1. The van der Waals surface area contributed by atoms with Crippen LogP contribution in [0, 0.1) is 5.92 Å². The van der Waals surface area contributed by atoms with Crippen molar-refractivity contribution in [3.63, 3.8) is 0 Å². The van der Waals surface area contributed by atoms with E-state index in [4.69, 9.17) is 0 Å². The second-order valence-corrected chi connectivity index (χ2v) is 4.73. The van der Waals surface area contributed by atoms with E-state index >= 15 is 0 Å². The Balaban J connectivity index is 2.59. The predicted octanol–water partition coefficient (Wildman–Crippen LogP) is 0.744. The Labute approximate surface area is 102 Å². The maximum atomic E-state index is 11.7. The zero-order valence-electron chi connectivity index (χ0n) is 10.5. The van der Waals surface area contributed by atoms with Crippen molar-refractivity contribution in [1.29, 1.82) is 0 Å². The maximum Gasteiger partial charge on any atom is 0.326 e. The molecule has 1 amide bonds. The molecule has 98 valence electrons. The van der Waals surface area contributed by atoms with Gasteiger partial charge in [-0.25, -0.2) is 4.79 Å². The highest BCUT2D eigenvalue weighted by Crippen LogP contribution is 2.26. The molecule has 1 aliphatic rings. The summed E-state index contributed by atoms with van der Waals surface area (Å²) in [4.78, 5) is 22.9. The van der Waals surface area contributed by atoms with Gasteiger partial charge in [0.15, 0.2) is 0 Å². The molecule has 0 aromatic carbocycles. The van der Waals surface area contributed by atoms with E-state index in [9.17, 15) is 14.7 Å². The number of carboxylic acids is 1. The quantitative estimate of drug-likeness (QED) is 0.664. The number of amides is 1. The Morgan fingerprint density at radius 3 is 2.29 bits per heavy atom. The molecule has 0 unspecified atom stereocenters. The molecule has 5 heteroatoms. The van der Waals surface area contributed by atoms with E-state index in [1.165, 1.54) is 6.42 Å². The molecule has 1 rings (SSSR count). The topological polar surface area (TPSA) is 78.4 Å². The molecule has 0 radical (unpaired) electrons. The van der Waals surface area contributed by atoms with Crippen molar-refractivity contribution >= 4 is 11.9 Å². The van der Waals surface area contributed by atoms with Crippen LogP contribution in [0.25, 0.3) is 0 Å². The fourth-order valence-electron chi connectivity index (χ4n) is 2.26. The monoisotopic (exact) mass is 242 g/mol. The average Bonchev–Trinajstić information content (AvgIpc) is 2.35. The molecule has 1 saturated carbocycles. The fourth-order valence-corrected chi connectivity index (χ4v) is 2.26. The van der Waals surface area contributed by atoms with Gasteiger partial charge in [0.25, 0.3) is 0 Å². The summed E-state index contributed by atoms with van der Waals surface area (Å²) in [6.07, 6.45) is 5.08. The molecule has 3 N–H and O–H groups in total. The van der Waals surface area contributed by atoms with E-state index in [0.717, 1.165) is 25.7 Å². The number of hydrogen-bond acceptors (Lipinski definition) is 3. The number of hydrogen-bond donors (Lipinski definition) is 3. The van der Waals surface area contributed by atoms with Crippen molar-refractivity contribution in [2.24, 2.45) is 5.92 Å². The minimum absolute atomic E-state index is 0.0780. The van der Waals surface area contributed by atoms with Gasteiger partial charge in [-0.15, -0.1) is 0 Å². The zero-order chi connectivity index (χ0) is 12.8. The molecule has 0 aliphatic heterocycles. The van der Waals surface area contributed by atoms with Crippen LogP contribution in [0.2, 0.25) is 0 Å². The summed E-state index contributed by atoms with van der Waals surface area (Å²) < 4.78 is 0. The van der Waals surface area contributed by atoms with Gasteiger partial charge < -0.3 is 15.7 Å². The third-order valence-corrected chi connectivity index (χ3v) is 3.51. The highest BCUT2D eigenvalue weighted by molar-refractivity contribution is 5.86. The molecule has 5 nitrogen and oxygen atoms in total. The van der Waals surface area contributed by atoms with E-state index in [1.54, 1.807) is 14.0 Å². The fraction of sp³-hybridized carbons (Fsp3) is 0.833. The SMILES string of the molecule is CN[C@@H](C)C(=O)N[C@H](C(=O)O)C1CCCCC1. The van der Waals surface area contributed by atoms with Crippen LogP contribution in [0.3, 0.4) is 0 Å². The maximum absolute atomic E-state index is 11.7. The number of likely N-dealkylation sites (N-methyl/N-ethyl adjacent to an activating group) is 1. The van der Waals surface area contributed by atoms with Crippen LogP contribution in [0.1, 0.15) is 39.0 Å². The first-order valence-corrected chi connectivity index (χ1v) is 6.26. The summed E-state index contributed by atoms with van der Waals surface area (Å²) in [6.45, 7) is 1.72. The van der Waals surface area contributed by atoms with Crippen LogP contribution in [0.4, 0.5) is 0 Å². The van der Waals surface area contributed by atoms with Crippen molar-refractivity contribution < 1.29 is 14.7 Å².